The highest BCUT2D eigenvalue weighted by Crippen LogP contribution is 2.20. The summed E-state index contributed by atoms with van der Waals surface area (Å²) in [5.74, 6) is 0.112. The summed E-state index contributed by atoms with van der Waals surface area (Å²) in [6, 6.07) is 17.4. The molecule has 2 aromatic rings. The molecule has 1 aliphatic heterocycles. The van der Waals surface area contributed by atoms with Crippen LogP contribution in [0.5, 0.6) is 0 Å². The van der Waals surface area contributed by atoms with Gasteiger partial charge in [0.05, 0.1) is 11.3 Å². The van der Waals surface area contributed by atoms with Gasteiger partial charge in [-0.25, -0.2) is 8.42 Å². The van der Waals surface area contributed by atoms with Crippen LogP contribution in [-0.4, -0.2) is 56.1 Å². The first-order chi connectivity index (χ1) is 13.9. The molecule has 1 heterocycles. The highest BCUT2D eigenvalue weighted by molar-refractivity contribution is 7.90. The Balaban J connectivity index is 1.55. The molecule has 1 aliphatic rings. The zero-order valence-electron chi connectivity index (χ0n) is 17.3. The molecule has 1 saturated heterocycles. The molecule has 1 fully saturated rings. The molecule has 1 amide bonds. The van der Waals surface area contributed by atoms with Crippen molar-refractivity contribution in [2.24, 2.45) is 0 Å². The van der Waals surface area contributed by atoms with Gasteiger partial charge in [0, 0.05) is 38.5 Å². The summed E-state index contributed by atoms with van der Waals surface area (Å²) in [6.45, 7) is 5.67. The third-order valence-electron chi connectivity index (χ3n) is 5.61. The molecule has 2 aromatic carbocycles. The Kier molecular flexibility index (Phi) is 7.09. The zero-order chi connectivity index (χ0) is 20.9. The first kappa shape index (κ1) is 21.5. The average Bonchev–Trinajstić information content (AvgIpc) is 2.70. The van der Waals surface area contributed by atoms with Gasteiger partial charge in [-0.2, -0.15) is 0 Å². The molecule has 0 aliphatic carbocycles. The van der Waals surface area contributed by atoms with E-state index in [-0.39, 0.29) is 16.8 Å². The van der Waals surface area contributed by atoms with Gasteiger partial charge >= 0.3 is 0 Å². The van der Waals surface area contributed by atoms with E-state index >= 15 is 0 Å². The number of piperidine rings is 1. The normalized spacial score (nSPS) is 15.9. The third kappa shape index (κ3) is 5.90. The molecular formula is C23H30N2O3S. The number of carbonyl (C=O) groups is 1. The van der Waals surface area contributed by atoms with Gasteiger partial charge in [0.15, 0.2) is 9.84 Å². The maximum atomic E-state index is 12.9. The van der Waals surface area contributed by atoms with Crippen LogP contribution in [0.4, 0.5) is 0 Å². The number of amides is 1. The zero-order valence-corrected chi connectivity index (χ0v) is 18.1. The van der Waals surface area contributed by atoms with E-state index in [4.69, 9.17) is 0 Å². The van der Waals surface area contributed by atoms with E-state index in [1.165, 1.54) is 11.8 Å². The van der Waals surface area contributed by atoms with E-state index in [2.05, 4.69) is 29.2 Å². The van der Waals surface area contributed by atoms with Gasteiger partial charge in [0.2, 0.25) is 5.91 Å². The van der Waals surface area contributed by atoms with Crippen LogP contribution in [0.25, 0.3) is 0 Å². The molecule has 0 N–H and O–H groups in total. The van der Waals surface area contributed by atoms with Gasteiger partial charge < -0.3 is 4.90 Å². The van der Waals surface area contributed by atoms with Gasteiger partial charge in [0.25, 0.3) is 0 Å². The fourth-order valence-corrected chi connectivity index (χ4v) is 4.63. The van der Waals surface area contributed by atoms with Gasteiger partial charge in [-0.15, -0.1) is 0 Å². The molecule has 5 nitrogen and oxygen atoms in total. The summed E-state index contributed by atoms with van der Waals surface area (Å²) in [5.41, 5.74) is 2.18. The van der Waals surface area contributed by atoms with Crippen molar-refractivity contribution in [3.63, 3.8) is 0 Å². The Bertz CT molecular complexity index is 903. The lowest BCUT2D eigenvalue weighted by Crippen LogP contribution is -2.47. The van der Waals surface area contributed by atoms with Crippen LogP contribution < -0.4 is 0 Å². The van der Waals surface area contributed by atoms with E-state index in [0.717, 1.165) is 38.0 Å². The van der Waals surface area contributed by atoms with Crippen LogP contribution in [0.15, 0.2) is 59.5 Å². The van der Waals surface area contributed by atoms with E-state index in [9.17, 15) is 13.2 Å². The lowest BCUT2D eigenvalue weighted by molar-refractivity contribution is -0.133. The number of carbonyl (C=O) groups excluding carboxylic acids is 1. The summed E-state index contributed by atoms with van der Waals surface area (Å²) in [4.78, 5) is 17.6. The van der Waals surface area contributed by atoms with E-state index in [1.54, 1.807) is 24.3 Å². The molecule has 156 valence electrons. The average molecular weight is 415 g/mol. The summed E-state index contributed by atoms with van der Waals surface area (Å²) in [6.07, 6.45) is 3.47. The maximum Gasteiger partial charge on any atom is 0.227 e. The first-order valence-corrected chi connectivity index (χ1v) is 12.1. The van der Waals surface area contributed by atoms with Gasteiger partial charge in [-0.3, -0.25) is 9.69 Å². The molecule has 6 heteroatoms. The molecule has 0 bridgehead atoms. The summed E-state index contributed by atoms with van der Waals surface area (Å²) < 4.78 is 23.2. The van der Waals surface area contributed by atoms with Crippen molar-refractivity contribution in [1.82, 2.24) is 9.80 Å². The minimum Gasteiger partial charge on any atom is -0.340 e. The second-order valence-corrected chi connectivity index (χ2v) is 9.78. The Labute approximate surface area is 174 Å². The number of rotatable bonds is 7. The van der Waals surface area contributed by atoms with Crippen molar-refractivity contribution in [1.29, 1.82) is 0 Å². The van der Waals surface area contributed by atoms with E-state index in [1.807, 2.05) is 17.9 Å². The van der Waals surface area contributed by atoms with Crippen LogP contribution in [-0.2, 0) is 27.6 Å². The number of nitrogens with zero attached hydrogens (tertiary/aromatic N) is 2. The molecular weight excluding hydrogens is 384 g/mol. The van der Waals surface area contributed by atoms with Gasteiger partial charge in [0.1, 0.15) is 0 Å². The van der Waals surface area contributed by atoms with Crippen LogP contribution in [0, 0.1) is 0 Å². The SMILES string of the molecule is CCN(C(=O)Cc1ccc(S(C)(=O)=O)cc1)C1CCN(Cc2ccccc2)CC1. The second-order valence-electron chi connectivity index (χ2n) is 7.77. The van der Waals surface area contributed by atoms with Crippen LogP contribution >= 0.6 is 0 Å². The Morgan fingerprint density at radius 1 is 1.00 bits per heavy atom. The fraction of sp³-hybridized carbons (Fsp3) is 0.435. The van der Waals surface area contributed by atoms with Gasteiger partial charge in [-0.05, 0) is 43.0 Å². The highest BCUT2D eigenvalue weighted by atomic mass is 32.2. The topological polar surface area (TPSA) is 57.7 Å². The van der Waals surface area contributed by atoms with Gasteiger partial charge in [-0.1, -0.05) is 42.5 Å². The molecule has 0 saturated carbocycles. The number of hydrogen-bond donors (Lipinski definition) is 0. The predicted octanol–water partition coefficient (Wildman–Crippen LogP) is 3.15. The summed E-state index contributed by atoms with van der Waals surface area (Å²) in [5, 5.41) is 0. The predicted molar refractivity (Wildman–Crippen MR) is 115 cm³/mol. The monoisotopic (exact) mass is 414 g/mol. The molecule has 0 unspecified atom stereocenters. The van der Waals surface area contributed by atoms with Crippen molar-refractivity contribution in [3.8, 4) is 0 Å². The van der Waals surface area contributed by atoms with E-state index in [0.29, 0.717) is 13.0 Å². The Morgan fingerprint density at radius 2 is 1.62 bits per heavy atom. The van der Waals surface area contributed by atoms with Crippen molar-refractivity contribution >= 4 is 15.7 Å². The number of hydrogen-bond acceptors (Lipinski definition) is 4. The first-order valence-electron chi connectivity index (χ1n) is 10.2. The minimum absolute atomic E-state index is 0.112. The van der Waals surface area contributed by atoms with Crippen molar-refractivity contribution in [2.45, 2.75) is 43.7 Å². The van der Waals surface area contributed by atoms with E-state index < -0.39 is 9.84 Å². The molecule has 0 radical (unpaired) electrons. The number of likely N-dealkylation sites (tertiary alicyclic amines) is 1. The number of sulfone groups is 1. The largest absolute Gasteiger partial charge is 0.340 e. The van der Waals surface area contributed by atoms with Crippen LogP contribution in [0.3, 0.4) is 0 Å². The lowest BCUT2D eigenvalue weighted by Gasteiger charge is -2.38. The Morgan fingerprint density at radius 3 is 2.17 bits per heavy atom. The van der Waals surface area contributed by atoms with Crippen molar-refractivity contribution < 1.29 is 13.2 Å². The maximum absolute atomic E-state index is 12.9. The quantitative estimate of drug-likeness (QED) is 0.698. The molecule has 3 rings (SSSR count). The number of likely N-dealkylation sites (N-methyl/N-ethyl adjacent to an activating group) is 1. The smallest absolute Gasteiger partial charge is 0.227 e. The molecule has 0 spiro atoms. The fourth-order valence-electron chi connectivity index (χ4n) is 4.00. The second kappa shape index (κ2) is 9.55. The molecule has 29 heavy (non-hydrogen) atoms. The Hall–Kier alpha value is -2.18. The summed E-state index contributed by atoms with van der Waals surface area (Å²) in [7, 11) is -3.21. The summed E-state index contributed by atoms with van der Waals surface area (Å²) >= 11 is 0. The van der Waals surface area contributed by atoms with Crippen molar-refractivity contribution in [3.05, 3.63) is 65.7 Å². The standard InChI is InChI=1S/C23H30N2O3S/c1-3-25(23(26)17-19-9-11-22(12-10-19)29(2,27)28)21-13-15-24(16-14-21)18-20-7-5-4-6-8-20/h4-12,21H,3,13-18H2,1-2H3. The lowest BCUT2D eigenvalue weighted by atomic mass is 10.0. The highest BCUT2D eigenvalue weighted by Gasteiger charge is 2.27. The molecule has 0 aromatic heterocycles. The minimum atomic E-state index is -3.21. The number of benzene rings is 2. The molecule has 0 atom stereocenters. The third-order valence-corrected chi connectivity index (χ3v) is 6.74. The van der Waals surface area contributed by atoms with Crippen LogP contribution in [0.2, 0.25) is 0 Å². The van der Waals surface area contributed by atoms with Crippen molar-refractivity contribution in [2.75, 3.05) is 25.9 Å². The van der Waals surface area contributed by atoms with Crippen LogP contribution in [0.1, 0.15) is 30.9 Å².